The lowest BCUT2D eigenvalue weighted by Crippen LogP contribution is -2.82. The van der Waals surface area contributed by atoms with Crippen LogP contribution >= 0.6 is 0 Å². The van der Waals surface area contributed by atoms with Crippen LogP contribution in [0.3, 0.4) is 0 Å². The number of aryl methyl sites for hydroxylation is 1. The Morgan fingerprint density at radius 3 is 1.94 bits per heavy atom. The molecule has 35 heavy (non-hydrogen) atoms. The standard InChI is InChI=1S/C29H28N4O2/c1-19-4-11-24(12-5-19)30-28(34)22-7-13-25(14-8-22)32-33-26-15-9-23(10-16-26)29(35)31-27-17-6-20(2)18-21(27)3/h4-17,21H,18H2,1-3H3,(H,30,34)(H,31,35)/p+1. The van der Waals surface area contributed by atoms with E-state index >= 15 is 0 Å². The number of primary amides is 1. The van der Waals surface area contributed by atoms with Gasteiger partial charge in [-0.05, 0) is 92.9 Å². The number of rotatable bonds is 6. The molecule has 3 aromatic rings. The number of hydrogen-bond acceptors (Lipinski definition) is 4. The number of azo groups is 1. The number of nitrogens with two attached hydrogens (primary N) is 1. The van der Waals surface area contributed by atoms with Crippen molar-refractivity contribution in [1.82, 2.24) is 5.32 Å². The van der Waals surface area contributed by atoms with Gasteiger partial charge in [0, 0.05) is 11.3 Å². The lowest BCUT2D eigenvalue weighted by Gasteiger charge is -2.20. The van der Waals surface area contributed by atoms with Crippen LogP contribution in [0.15, 0.2) is 106 Å². The molecule has 6 nitrogen and oxygen atoms in total. The van der Waals surface area contributed by atoms with Gasteiger partial charge in [0.1, 0.15) is 5.69 Å². The minimum atomic E-state index is -0.137. The van der Waals surface area contributed by atoms with Gasteiger partial charge < -0.3 is 5.32 Å². The number of allylic oxidation sites excluding steroid dienone is 4. The predicted molar refractivity (Wildman–Crippen MR) is 137 cm³/mol. The fourth-order valence-electron chi connectivity index (χ4n) is 3.81. The van der Waals surface area contributed by atoms with Crippen molar-refractivity contribution < 1.29 is 14.9 Å². The molecule has 0 spiro atoms. The van der Waals surface area contributed by atoms with Crippen LogP contribution in [0.5, 0.6) is 0 Å². The van der Waals surface area contributed by atoms with Crippen LogP contribution in [0.1, 0.15) is 46.5 Å². The Morgan fingerprint density at radius 1 is 0.800 bits per heavy atom. The van der Waals surface area contributed by atoms with Crippen LogP contribution in [0.4, 0.5) is 17.1 Å². The van der Waals surface area contributed by atoms with E-state index in [1.165, 1.54) is 5.57 Å². The molecule has 1 aliphatic rings. The highest BCUT2D eigenvalue weighted by atomic mass is 16.2. The maximum Gasteiger partial charge on any atom is 0.347 e. The number of nitrogens with zero attached hydrogens (tertiary/aromatic N) is 2. The number of hydrogen-bond donors (Lipinski definition) is 2. The Bertz CT molecular complexity index is 1300. The van der Waals surface area contributed by atoms with E-state index in [-0.39, 0.29) is 11.8 Å². The second kappa shape index (κ2) is 10.8. The zero-order valence-corrected chi connectivity index (χ0v) is 20.2. The third-order valence-corrected chi connectivity index (χ3v) is 5.90. The van der Waals surface area contributed by atoms with Crippen molar-refractivity contribution in [1.29, 1.82) is 0 Å². The van der Waals surface area contributed by atoms with Gasteiger partial charge in [-0.3, -0.25) is 4.79 Å². The van der Waals surface area contributed by atoms with Gasteiger partial charge in [-0.2, -0.15) is 10.2 Å². The summed E-state index contributed by atoms with van der Waals surface area (Å²) in [6.07, 6.45) is 4.97. The van der Waals surface area contributed by atoms with Gasteiger partial charge in [0.15, 0.2) is 0 Å². The van der Waals surface area contributed by atoms with Crippen LogP contribution < -0.4 is 10.6 Å². The Hall–Kier alpha value is -4.16. The molecule has 2 amide bonds. The number of amides is 2. The Balaban J connectivity index is 1.34. The van der Waals surface area contributed by atoms with E-state index in [9.17, 15) is 9.59 Å². The lowest BCUT2D eigenvalue weighted by molar-refractivity contribution is -0.464. The zero-order valence-electron chi connectivity index (χ0n) is 20.2. The Morgan fingerprint density at radius 2 is 1.37 bits per heavy atom. The highest BCUT2D eigenvalue weighted by molar-refractivity contribution is 5.95. The third kappa shape index (κ3) is 6.46. The fraction of sp³-hybridized carbons (Fsp3) is 0.172. The molecular formula is C29H29N4O2+. The molecule has 0 aromatic heterocycles. The van der Waals surface area contributed by atoms with Gasteiger partial charge in [0.2, 0.25) is 0 Å². The number of quaternary nitrogens is 1. The van der Waals surface area contributed by atoms with E-state index in [1.807, 2.05) is 43.3 Å². The number of nitrogens with one attached hydrogen (secondary N) is 1. The SMILES string of the molecule is CC1=CC=C(NC(=O)c2ccc(N=Nc3ccc(C(=O)[NH2+]c4ccc(C)cc4)cc3)cc2)C(C)C1. The number of carbonyl (C=O) groups is 2. The Kier molecular flexibility index (Phi) is 7.43. The second-order valence-corrected chi connectivity index (χ2v) is 8.91. The highest BCUT2D eigenvalue weighted by Crippen LogP contribution is 2.23. The molecule has 1 unspecified atom stereocenters. The second-order valence-electron chi connectivity index (χ2n) is 8.91. The smallest absolute Gasteiger partial charge is 0.325 e. The maximum atomic E-state index is 12.6. The first-order valence-corrected chi connectivity index (χ1v) is 11.6. The van der Waals surface area contributed by atoms with E-state index in [4.69, 9.17) is 0 Å². The minimum Gasteiger partial charge on any atom is -0.325 e. The molecule has 3 N–H and O–H groups in total. The molecule has 1 atom stereocenters. The van der Waals surface area contributed by atoms with Crippen LogP contribution in [0, 0.1) is 12.8 Å². The lowest BCUT2D eigenvalue weighted by atomic mass is 9.93. The van der Waals surface area contributed by atoms with Crippen molar-refractivity contribution in [3.8, 4) is 0 Å². The third-order valence-electron chi connectivity index (χ3n) is 5.90. The zero-order chi connectivity index (χ0) is 24.8. The summed E-state index contributed by atoms with van der Waals surface area (Å²) in [6.45, 7) is 6.22. The first-order chi connectivity index (χ1) is 16.9. The van der Waals surface area contributed by atoms with Crippen LogP contribution in [-0.2, 0) is 0 Å². The molecule has 3 aromatic carbocycles. The molecule has 176 valence electrons. The summed E-state index contributed by atoms with van der Waals surface area (Å²) in [5, 5.41) is 13.1. The summed E-state index contributed by atoms with van der Waals surface area (Å²) >= 11 is 0. The molecule has 0 bridgehead atoms. The monoisotopic (exact) mass is 465 g/mol. The maximum absolute atomic E-state index is 12.6. The normalized spacial score (nSPS) is 15.5. The van der Waals surface area contributed by atoms with E-state index in [0.717, 1.165) is 23.4 Å². The summed E-state index contributed by atoms with van der Waals surface area (Å²) in [6, 6.07) is 21.8. The van der Waals surface area contributed by atoms with Gasteiger partial charge in [-0.15, -0.1) is 0 Å². The first kappa shape index (κ1) is 24.0. The number of benzene rings is 3. The summed E-state index contributed by atoms with van der Waals surface area (Å²) in [7, 11) is 0. The first-order valence-electron chi connectivity index (χ1n) is 11.6. The van der Waals surface area contributed by atoms with Gasteiger partial charge in [-0.25, -0.2) is 10.1 Å². The van der Waals surface area contributed by atoms with Gasteiger partial charge in [-0.1, -0.05) is 36.3 Å². The molecule has 0 saturated carbocycles. The van der Waals surface area contributed by atoms with Crippen molar-refractivity contribution >= 4 is 28.9 Å². The van der Waals surface area contributed by atoms with Crippen LogP contribution in [-0.4, -0.2) is 11.8 Å². The quantitative estimate of drug-likeness (QED) is 0.343. The molecule has 4 rings (SSSR count). The molecule has 0 heterocycles. The average Bonchev–Trinajstić information content (AvgIpc) is 2.86. The summed E-state index contributed by atoms with van der Waals surface area (Å²) in [5.41, 5.74) is 6.71. The summed E-state index contributed by atoms with van der Waals surface area (Å²) in [4.78, 5) is 25.1. The van der Waals surface area contributed by atoms with Crippen LogP contribution in [0.25, 0.3) is 0 Å². The molecule has 0 fully saturated rings. The fourth-order valence-corrected chi connectivity index (χ4v) is 3.81. The molecule has 6 heteroatoms. The predicted octanol–water partition coefficient (Wildman–Crippen LogP) is 6.05. The number of carbonyl (C=O) groups excluding carboxylic acids is 2. The minimum absolute atomic E-state index is 0.0595. The van der Waals surface area contributed by atoms with Crippen molar-refractivity contribution in [2.24, 2.45) is 16.1 Å². The molecule has 0 aliphatic heterocycles. The molecule has 0 saturated heterocycles. The largest absolute Gasteiger partial charge is 0.347 e. The highest BCUT2D eigenvalue weighted by Gasteiger charge is 2.16. The van der Waals surface area contributed by atoms with Crippen LogP contribution in [0.2, 0.25) is 0 Å². The Labute approximate surface area is 205 Å². The van der Waals surface area contributed by atoms with E-state index < -0.39 is 0 Å². The molecule has 1 aliphatic carbocycles. The van der Waals surface area contributed by atoms with Crippen molar-refractivity contribution in [2.45, 2.75) is 27.2 Å². The van der Waals surface area contributed by atoms with Gasteiger partial charge >= 0.3 is 5.91 Å². The van der Waals surface area contributed by atoms with E-state index in [0.29, 0.717) is 28.4 Å². The summed E-state index contributed by atoms with van der Waals surface area (Å²) < 4.78 is 0. The van der Waals surface area contributed by atoms with Crippen molar-refractivity contribution in [3.63, 3.8) is 0 Å². The van der Waals surface area contributed by atoms with E-state index in [2.05, 4.69) is 29.4 Å². The van der Waals surface area contributed by atoms with E-state index in [1.54, 1.807) is 53.8 Å². The summed E-state index contributed by atoms with van der Waals surface area (Å²) in [5.74, 6) is 0.0946. The molecule has 0 radical (unpaired) electrons. The topological polar surface area (TPSA) is 87.5 Å². The van der Waals surface area contributed by atoms with Crippen molar-refractivity contribution in [2.75, 3.05) is 0 Å². The molecular weight excluding hydrogens is 436 g/mol. The van der Waals surface area contributed by atoms with Gasteiger partial charge in [0.25, 0.3) is 5.91 Å². The van der Waals surface area contributed by atoms with Gasteiger partial charge in [0.05, 0.1) is 16.9 Å². The average molecular weight is 466 g/mol. The van der Waals surface area contributed by atoms with Crippen molar-refractivity contribution in [3.05, 3.63) is 113 Å².